The molecule has 2 rings (SSSR count). The van der Waals surface area contributed by atoms with E-state index >= 15 is 0 Å². The van der Waals surface area contributed by atoms with Crippen LogP contribution >= 0.6 is 11.8 Å². The Bertz CT molecular complexity index is 659. The van der Waals surface area contributed by atoms with Gasteiger partial charge in [-0.2, -0.15) is 0 Å². The highest BCUT2D eigenvalue weighted by molar-refractivity contribution is 7.99. The minimum atomic E-state index is 0.616. The molecule has 0 radical (unpaired) electrons. The Morgan fingerprint density at radius 3 is 2.40 bits per heavy atom. The molecule has 0 aliphatic rings. The molecular weight excluding hydrogens is 330 g/mol. The first kappa shape index (κ1) is 19.5. The molecule has 0 heterocycles. The molecule has 0 saturated carbocycles. The Kier molecular flexibility index (Phi) is 7.95. The van der Waals surface area contributed by atoms with Crippen LogP contribution in [0.3, 0.4) is 0 Å². The van der Waals surface area contributed by atoms with E-state index in [4.69, 9.17) is 16.2 Å². The van der Waals surface area contributed by atoms with Crippen LogP contribution in [0.4, 0.5) is 11.4 Å². The van der Waals surface area contributed by atoms with Gasteiger partial charge in [-0.3, -0.25) is 0 Å². The van der Waals surface area contributed by atoms with Crippen molar-refractivity contribution in [1.29, 1.82) is 0 Å². The molecule has 0 aromatic heterocycles. The van der Waals surface area contributed by atoms with Crippen molar-refractivity contribution in [2.75, 3.05) is 37.7 Å². The van der Waals surface area contributed by atoms with Gasteiger partial charge in [0.15, 0.2) is 0 Å². The monoisotopic (exact) mass is 359 g/mol. The number of nitrogens with two attached hydrogens (primary N) is 2. The van der Waals surface area contributed by atoms with Crippen LogP contribution in [0.15, 0.2) is 52.3 Å². The van der Waals surface area contributed by atoms with Crippen molar-refractivity contribution >= 4 is 23.1 Å². The summed E-state index contributed by atoms with van der Waals surface area (Å²) in [4.78, 5) is 4.64. The number of nitrogens with zero attached hydrogens (tertiary/aromatic N) is 1. The molecule has 4 nitrogen and oxygen atoms in total. The van der Waals surface area contributed by atoms with Gasteiger partial charge in [0.2, 0.25) is 0 Å². The summed E-state index contributed by atoms with van der Waals surface area (Å²) in [6.07, 6.45) is 2.24. The van der Waals surface area contributed by atoms with E-state index in [1.165, 1.54) is 6.42 Å². The number of rotatable bonds is 10. The van der Waals surface area contributed by atoms with Crippen molar-refractivity contribution in [2.45, 2.75) is 36.5 Å². The average Bonchev–Trinajstić information content (AvgIpc) is 2.62. The number of benzene rings is 2. The summed E-state index contributed by atoms with van der Waals surface area (Å²) in [5.41, 5.74) is 12.9. The predicted octanol–water partition coefficient (Wildman–Crippen LogP) is 4.50. The van der Waals surface area contributed by atoms with Crippen molar-refractivity contribution in [1.82, 2.24) is 4.90 Å². The van der Waals surface area contributed by atoms with Gasteiger partial charge in [-0.25, -0.2) is 0 Å². The lowest BCUT2D eigenvalue weighted by atomic mass is 10.3. The maximum absolute atomic E-state index is 5.90. The Morgan fingerprint density at radius 1 is 0.920 bits per heavy atom. The lowest BCUT2D eigenvalue weighted by Crippen LogP contribution is -2.24. The highest BCUT2D eigenvalue weighted by Gasteiger charge is 2.03. The minimum absolute atomic E-state index is 0.616. The Labute approximate surface area is 155 Å². The van der Waals surface area contributed by atoms with Gasteiger partial charge in [0.05, 0.1) is 18.0 Å². The number of nitrogen functional groups attached to an aromatic ring is 2. The van der Waals surface area contributed by atoms with E-state index in [2.05, 4.69) is 30.9 Å². The second-order valence-electron chi connectivity index (χ2n) is 5.95. The van der Waals surface area contributed by atoms with Crippen molar-refractivity contribution in [3.8, 4) is 5.75 Å². The highest BCUT2D eigenvalue weighted by atomic mass is 32.2. The first-order valence-electron chi connectivity index (χ1n) is 8.90. The second kappa shape index (κ2) is 10.2. The largest absolute Gasteiger partial charge is 0.494 e. The number of ether oxygens (including phenoxy) is 1. The molecule has 0 bridgehead atoms. The summed E-state index contributed by atoms with van der Waals surface area (Å²) in [5.74, 6) is 0.913. The third-order valence-corrected chi connectivity index (χ3v) is 5.11. The lowest BCUT2D eigenvalue weighted by molar-refractivity contribution is 0.266. The summed E-state index contributed by atoms with van der Waals surface area (Å²) in [6, 6.07) is 13.9. The Balaban J connectivity index is 1.81. The molecule has 2 aromatic rings. The number of unbranched alkanes of at least 4 members (excludes halogenated alkanes) is 1. The average molecular weight is 360 g/mol. The van der Waals surface area contributed by atoms with E-state index in [9.17, 15) is 0 Å². The molecule has 0 saturated heterocycles. The fourth-order valence-electron chi connectivity index (χ4n) is 2.55. The van der Waals surface area contributed by atoms with Gasteiger partial charge in [-0.15, -0.1) is 0 Å². The minimum Gasteiger partial charge on any atom is -0.494 e. The van der Waals surface area contributed by atoms with Crippen LogP contribution in [0.5, 0.6) is 5.75 Å². The molecule has 136 valence electrons. The summed E-state index contributed by atoms with van der Waals surface area (Å²) in [7, 11) is 0. The van der Waals surface area contributed by atoms with E-state index < -0.39 is 0 Å². The van der Waals surface area contributed by atoms with E-state index in [1.54, 1.807) is 11.8 Å². The van der Waals surface area contributed by atoms with E-state index in [1.807, 2.05) is 30.3 Å². The quantitative estimate of drug-likeness (QED) is 0.483. The van der Waals surface area contributed by atoms with Crippen LogP contribution in [0, 0.1) is 0 Å². The fraction of sp³-hybridized carbons (Fsp3) is 0.400. The SMILES string of the molecule is CCN(CC)CCCCOc1cccc(Sc2ccc(N)c(N)c2)c1. The summed E-state index contributed by atoms with van der Waals surface area (Å²) in [5, 5.41) is 0. The molecule has 0 spiro atoms. The first-order valence-corrected chi connectivity index (χ1v) is 9.72. The molecule has 4 N–H and O–H groups in total. The number of hydrogen-bond acceptors (Lipinski definition) is 5. The Hall–Kier alpha value is -1.85. The molecule has 5 heteroatoms. The molecule has 0 atom stereocenters. The van der Waals surface area contributed by atoms with E-state index in [-0.39, 0.29) is 0 Å². The van der Waals surface area contributed by atoms with Gasteiger partial charge < -0.3 is 21.1 Å². The van der Waals surface area contributed by atoms with Crippen LogP contribution < -0.4 is 16.2 Å². The van der Waals surface area contributed by atoms with Gasteiger partial charge in [-0.05, 0) is 68.9 Å². The van der Waals surface area contributed by atoms with Crippen molar-refractivity contribution in [3.05, 3.63) is 42.5 Å². The van der Waals surface area contributed by atoms with Crippen LogP contribution in [0.25, 0.3) is 0 Å². The number of hydrogen-bond donors (Lipinski definition) is 2. The maximum atomic E-state index is 5.90. The van der Waals surface area contributed by atoms with Gasteiger partial charge in [0, 0.05) is 9.79 Å². The summed E-state index contributed by atoms with van der Waals surface area (Å²) in [6.45, 7) is 8.54. The normalized spacial score (nSPS) is 11.0. The fourth-order valence-corrected chi connectivity index (χ4v) is 3.46. The zero-order valence-electron chi connectivity index (χ0n) is 15.2. The van der Waals surface area contributed by atoms with Crippen molar-refractivity contribution in [2.24, 2.45) is 0 Å². The zero-order valence-corrected chi connectivity index (χ0v) is 16.0. The van der Waals surface area contributed by atoms with Crippen molar-refractivity contribution < 1.29 is 4.74 Å². The maximum Gasteiger partial charge on any atom is 0.120 e. The molecule has 0 unspecified atom stereocenters. The third kappa shape index (κ3) is 6.52. The zero-order chi connectivity index (χ0) is 18.1. The van der Waals surface area contributed by atoms with Gasteiger partial charge >= 0.3 is 0 Å². The molecule has 0 amide bonds. The molecule has 0 aliphatic carbocycles. The predicted molar refractivity (Wildman–Crippen MR) is 108 cm³/mol. The molecular formula is C20H29N3OS. The summed E-state index contributed by atoms with van der Waals surface area (Å²) < 4.78 is 5.90. The molecule has 0 aliphatic heterocycles. The third-order valence-electron chi connectivity index (χ3n) is 4.13. The standard InChI is InChI=1S/C20H29N3OS/c1-3-23(4-2)12-5-6-13-24-16-8-7-9-17(14-16)25-18-10-11-19(21)20(22)15-18/h7-11,14-15H,3-6,12-13,21-22H2,1-2H3. The summed E-state index contributed by atoms with van der Waals surface area (Å²) >= 11 is 1.66. The topological polar surface area (TPSA) is 64.5 Å². The number of anilines is 2. The van der Waals surface area contributed by atoms with E-state index in [0.717, 1.165) is 48.2 Å². The van der Waals surface area contributed by atoms with Gasteiger partial charge in [-0.1, -0.05) is 31.7 Å². The molecule has 0 fully saturated rings. The highest BCUT2D eigenvalue weighted by Crippen LogP contribution is 2.32. The van der Waals surface area contributed by atoms with Gasteiger partial charge in [0.25, 0.3) is 0 Å². The van der Waals surface area contributed by atoms with Crippen LogP contribution in [0.2, 0.25) is 0 Å². The Morgan fingerprint density at radius 2 is 1.68 bits per heavy atom. The molecule has 25 heavy (non-hydrogen) atoms. The van der Waals surface area contributed by atoms with E-state index in [0.29, 0.717) is 11.4 Å². The lowest BCUT2D eigenvalue weighted by Gasteiger charge is -2.17. The van der Waals surface area contributed by atoms with Crippen LogP contribution in [-0.2, 0) is 0 Å². The van der Waals surface area contributed by atoms with Crippen LogP contribution in [0.1, 0.15) is 26.7 Å². The first-order chi connectivity index (χ1) is 12.1. The van der Waals surface area contributed by atoms with Crippen molar-refractivity contribution in [3.63, 3.8) is 0 Å². The molecule has 2 aromatic carbocycles. The second-order valence-corrected chi connectivity index (χ2v) is 7.10. The smallest absolute Gasteiger partial charge is 0.120 e. The van der Waals surface area contributed by atoms with Crippen LogP contribution in [-0.4, -0.2) is 31.1 Å². The van der Waals surface area contributed by atoms with Gasteiger partial charge in [0.1, 0.15) is 5.75 Å².